The lowest BCUT2D eigenvalue weighted by atomic mass is 9.71. The van der Waals surface area contributed by atoms with Crippen molar-refractivity contribution in [1.82, 2.24) is 4.90 Å². The third-order valence-electron chi connectivity index (χ3n) is 8.10. The molecule has 3 aromatic rings. The van der Waals surface area contributed by atoms with Crippen molar-refractivity contribution in [2.45, 2.75) is 57.5 Å². The van der Waals surface area contributed by atoms with Crippen molar-refractivity contribution in [2.24, 2.45) is 0 Å². The minimum absolute atomic E-state index is 0.0436. The molecule has 0 fully saturated rings. The second-order valence-electron chi connectivity index (χ2n) is 10.5. The number of hydrogen-bond donors (Lipinski definition) is 1. The van der Waals surface area contributed by atoms with Gasteiger partial charge in [0.15, 0.2) is 11.6 Å². The number of carbonyl (C=O) groups is 3. The molecule has 0 atom stereocenters. The molecule has 0 spiro atoms. The average molecular weight is 522 g/mol. The summed E-state index contributed by atoms with van der Waals surface area (Å²) in [5.74, 6) is -0.550. The Morgan fingerprint density at radius 2 is 1.51 bits per heavy atom. The van der Waals surface area contributed by atoms with Crippen molar-refractivity contribution >= 4 is 28.3 Å². The van der Waals surface area contributed by atoms with E-state index in [1.807, 2.05) is 47.4 Å². The molecule has 0 saturated carbocycles. The topological polar surface area (TPSA) is 83.9 Å². The van der Waals surface area contributed by atoms with Crippen molar-refractivity contribution in [2.75, 3.05) is 6.54 Å². The standard InChI is InChI=1S/C33H31NO5/c35-28-15-5-13-26-32(28)31(33-27(14-6-16-29(33)36)34(26)18-17-30(37)38)22-9-4-11-24(19-22)39-20-23-10-3-8-21-7-1-2-12-25(21)23/h1-4,7-12,19,31H,5-6,13-18,20H2,(H,37,38). The first kappa shape index (κ1) is 25.1. The van der Waals surface area contributed by atoms with Crippen LogP contribution in [0.5, 0.6) is 5.75 Å². The summed E-state index contributed by atoms with van der Waals surface area (Å²) in [6.45, 7) is 0.673. The number of allylic oxidation sites excluding steroid dienone is 4. The van der Waals surface area contributed by atoms with Gasteiger partial charge in [0.05, 0.1) is 6.42 Å². The van der Waals surface area contributed by atoms with E-state index < -0.39 is 11.9 Å². The molecule has 198 valence electrons. The van der Waals surface area contributed by atoms with Crippen molar-refractivity contribution in [3.05, 3.63) is 100 Å². The van der Waals surface area contributed by atoms with Gasteiger partial charge in [-0.2, -0.15) is 0 Å². The maximum atomic E-state index is 13.4. The largest absolute Gasteiger partial charge is 0.489 e. The molecule has 0 radical (unpaired) electrons. The number of ether oxygens (including phenoxy) is 1. The fraction of sp³-hybridized carbons (Fsp3) is 0.303. The monoisotopic (exact) mass is 521 g/mol. The zero-order valence-corrected chi connectivity index (χ0v) is 21.8. The van der Waals surface area contributed by atoms with Crippen LogP contribution in [0.3, 0.4) is 0 Å². The highest BCUT2D eigenvalue weighted by Gasteiger charge is 2.43. The van der Waals surface area contributed by atoms with Crippen LogP contribution in [0.2, 0.25) is 0 Å². The quantitative estimate of drug-likeness (QED) is 0.392. The zero-order valence-electron chi connectivity index (χ0n) is 21.8. The highest BCUT2D eigenvalue weighted by Crippen LogP contribution is 2.49. The molecule has 3 aliphatic rings. The van der Waals surface area contributed by atoms with Crippen LogP contribution in [0.4, 0.5) is 0 Å². The van der Waals surface area contributed by atoms with Crippen LogP contribution in [0.15, 0.2) is 89.3 Å². The number of Topliss-reactive ketones (excluding diaryl/α,β-unsaturated/α-hetero) is 2. The molecule has 6 nitrogen and oxygen atoms in total. The van der Waals surface area contributed by atoms with E-state index in [0.717, 1.165) is 46.1 Å². The Bertz CT molecular complexity index is 1500. The Morgan fingerprint density at radius 1 is 0.846 bits per heavy atom. The van der Waals surface area contributed by atoms with E-state index in [4.69, 9.17) is 4.74 Å². The summed E-state index contributed by atoms with van der Waals surface area (Å²) in [4.78, 5) is 40.3. The fourth-order valence-electron chi connectivity index (χ4n) is 6.39. The van der Waals surface area contributed by atoms with E-state index >= 15 is 0 Å². The number of nitrogens with zero attached hydrogens (tertiary/aromatic N) is 1. The van der Waals surface area contributed by atoms with Crippen LogP contribution in [-0.2, 0) is 21.0 Å². The van der Waals surface area contributed by atoms with Crippen LogP contribution >= 0.6 is 0 Å². The van der Waals surface area contributed by atoms with Gasteiger partial charge in [-0.05, 0) is 59.7 Å². The van der Waals surface area contributed by atoms with E-state index in [1.165, 1.54) is 0 Å². The molecular formula is C33H31NO5. The van der Waals surface area contributed by atoms with Gasteiger partial charge in [-0.15, -0.1) is 0 Å². The molecule has 0 saturated heterocycles. The number of rotatable bonds is 7. The van der Waals surface area contributed by atoms with Crippen molar-refractivity contribution in [3.8, 4) is 5.75 Å². The number of aliphatic carboxylic acids is 1. The fourth-order valence-corrected chi connectivity index (χ4v) is 6.39. The average Bonchev–Trinajstić information content (AvgIpc) is 2.95. The molecule has 0 amide bonds. The Labute approximate surface area is 227 Å². The molecule has 2 aliphatic carbocycles. The molecule has 1 heterocycles. The van der Waals surface area contributed by atoms with Gasteiger partial charge < -0.3 is 14.7 Å². The third kappa shape index (κ3) is 4.76. The minimum atomic E-state index is -0.887. The number of carbonyl (C=O) groups excluding carboxylic acids is 2. The van der Waals surface area contributed by atoms with Crippen LogP contribution < -0.4 is 4.74 Å². The molecule has 39 heavy (non-hydrogen) atoms. The maximum absolute atomic E-state index is 13.4. The van der Waals surface area contributed by atoms with Crippen LogP contribution in [-0.4, -0.2) is 34.1 Å². The van der Waals surface area contributed by atoms with Gasteiger partial charge in [-0.25, -0.2) is 0 Å². The molecule has 1 N–H and O–H groups in total. The van der Waals surface area contributed by atoms with Gasteiger partial charge in [0, 0.05) is 47.8 Å². The normalized spacial score (nSPS) is 17.9. The number of ketones is 2. The smallest absolute Gasteiger partial charge is 0.305 e. The lowest BCUT2D eigenvalue weighted by Crippen LogP contribution is -2.39. The van der Waals surface area contributed by atoms with Gasteiger partial charge in [0.1, 0.15) is 12.4 Å². The van der Waals surface area contributed by atoms with Crippen LogP contribution in [0.1, 0.15) is 62.0 Å². The predicted octanol–water partition coefficient (Wildman–Crippen LogP) is 6.31. The second-order valence-corrected chi connectivity index (χ2v) is 10.5. The molecule has 0 unspecified atom stereocenters. The third-order valence-corrected chi connectivity index (χ3v) is 8.10. The SMILES string of the molecule is O=C(O)CCN1C2=C(C(=O)CCC2)C(c2cccc(OCc3cccc4ccccc34)c2)C2=C1CCCC2=O. The summed E-state index contributed by atoms with van der Waals surface area (Å²) in [5, 5.41) is 11.7. The van der Waals surface area contributed by atoms with E-state index in [1.54, 1.807) is 0 Å². The van der Waals surface area contributed by atoms with Crippen molar-refractivity contribution < 1.29 is 24.2 Å². The first-order chi connectivity index (χ1) is 19.0. The Hall–Kier alpha value is -4.19. The van der Waals surface area contributed by atoms with Crippen molar-refractivity contribution in [3.63, 3.8) is 0 Å². The number of carboxylic acid groups (broad SMARTS) is 1. The first-order valence-electron chi connectivity index (χ1n) is 13.7. The predicted molar refractivity (Wildman–Crippen MR) is 148 cm³/mol. The summed E-state index contributed by atoms with van der Waals surface area (Å²) in [6, 6.07) is 22.2. The molecule has 1 aliphatic heterocycles. The van der Waals surface area contributed by atoms with Gasteiger partial charge in [-0.1, -0.05) is 54.6 Å². The first-order valence-corrected chi connectivity index (χ1v) is 13.7. The summed E-state index contributed by atoms with van der Waals surface area (Å²) in [6.07, 6.45) is 3.72. The zero-order chi connectivity index (χ0) is 26.9. The number of benzene rings is 3. The van der Waals surface area contributed by atoms with Crippen LogP contribution in [0, 0.1) is 0 Å². The molecular weight excluding hydrogens is 490 g/mol. The number of carboxylic acids is 1. The van der Waals surface area contributed by atoms with E-state index in [9.17, 15) is 19.5 Å². The molecule has 3 aromatic carbocycles. The summed E-state index contributed by atoms with van der Waals surface area (Å²) < 4.78 is 6.27. The maximum Gasteiger partial charge on any atom is 0.305 e. The Kier molecular flexibility index (Phi) is 6.77. The molecule has 0 aromatic heterocycles. The van der Waals surface area contributed by atoms with Gasteiger partial charge in [0.2, 0.25) is 0 Å². The lowest BCUT2D eigenvalue weighted by Gasteiger charge is -2.44. The van der Waals surface area contributed by atoms with E-state index in [0.29, 0.717) is 49.2 Å². The van der Waals surface area contributed by atoms with Crippen molar-refractivity contribution in [1.29, 1.82) is 0 Å². The Morgan fingerprint density at radius 3 is 2.23 bits per heavy atom. The summed E-state index contributed by atoms with van der Waals surface area (Å²) in [7, 11) is 0. The number of fused-ring (bicyclic) bond motifs is 1. The van der Waals surface area contributed by atoms with Gasteiger partial charge >= 0.3 is 5.97 Å². The highest BCUT2D eigenvalue weighted by molar-refractivity contribution is 6.06. The molecule has 0 bridgehead atoms. The van der Waals surface area contributed by atoms with Gasteiger partial charge in [-0.3, -0.25) is 14.4 Å². The summed E-state index contributed by atoms with van der Waals surface area (Å²) >= 11 is 0. The number of hydrogen-bond acceptors (Lipinski definition) is 5. The minimum Gasteiger partial charge on any atom is -0.489 e. The molecule has 6 heteroatoms. The molecule has 6 rings (SSSR count). The van der Waals surface area contributed by atoms with E-state index in [-0.39, 0.29) is 24.5 Å². The van der Waals surface area contributed by atoms with Gasteiger partial charge in [0.25, 0.3) is 0 Å². The Balaban J connectivity index is 1.38. The summed E-state index contributed by atoms with van der Waals surface area (Å²) in [5.41, 5.74) is 5.07. The van der Waals surface area contributed by atoms with Crippen LogP contribution in [0.25, 0.3) is 10.8 Å². The lowest BCUT2D eigenvalue weighted by molar-refractivity contribution is -0.137. The highest BCUT2D eigenvalue weighted by atomic mass is 16.5. The van der Waals surface area contributed by atoms with E-state index in [2.05, 4.69) is 24.3 Å². The second kappa shape index (κ2) is 10.5.